The number of aliphatic hydroxyl groups is 1. The van der Waals surface area contributed by atoms with Gasteiger partial charge in [-0.1, -0.05) is 6.08 Å². The average Bonchev–Trinajstić information content (AvgIpc) is 1.95. The van der Waals surface area contributed by atoms with E-state index in [1.807, 2.05) is 0 Å². The van der Waals surface area contributed by atoms with Crippen LogP contribution in [0.5, 0.6) is 0 Å². The average molecular weight is 211 g/mol. The molecule has 0 aromatic heterocycles. The summed E-state index contributed by atoms with van der Waals surface area (Å²) in [5.74, 6) is 0. The molecule has 0 aliphatic carbocycles. The molecule has 0 saturated carbocycles. The third-order valence-corrected chi connectivity index (χ3v) is 0.682. The zero-order valence-corrected chi connectivity index (χ0v) is 7.94. The second kappa shape index (κ2) is 9.85. The first kappa shape index (κ1) is 15.3. The Labute approximate surface area is 76.7 Å². The van der Waals surface area contributed by atoms with Crippen LogP contribution >= 0.6 is 7.82 Å². The van der Waals surface area contributed by atoms with Crippen LogP contribution in [0.25, 0.3) is 0 Å². The van der Waals surface area contributed by atoms with Gasteiger partial charge in [0.15, 0.2) is 0 Å². The number of hydrogen-bond acceptors (Lipinski definition) is 6. The lowest BCUT2D eigenvalue weighted by atomic mass is 10.5. The minimum atomic E-state index is -5.39. The number of rotatable bonds is 5. The first-order valence-corrected chi connectivity index (χ1v) is 4.90. The largest absolute Gasteiger partial charge is 0.822 e. The minimum Gasteiger partial charge on any atom is -0.822 e. The fraction of sp³-hybridized carbons (Fsp3) is 0.667. The lowest BCUT2D eigenvalue weighted by Crippen LogP contribution is -2.24. The molecule has 0 aliphatic rings. The van der Waals surface area contributed by atoms with E-state index in [4.69, 9.17) is 29.1 Å². The van der Waals surface area contributed by atoms with Gasteiger partial charge in [-0.05, 0) is 6.42 Å². The van der Waals surface area contributed by atoms with Crippen molar-refractivity contribution in [3.05, 3.63) is 12.7 Å². The van der Waals surface area contributed by atoms with Crippen molar-refractivity contribution in [3.63, 3.8) is 0 Å². The van der Waals surface area contributed by atoms with Crippen LogP contribution in [0.15, 0.2) is 12.7 Å². The van der Waals surface area contributed by atoms with Gasteiger partial charge < -0.3 is 29.1 Å². The van der Waals surface area contributed by atoms with Gasteiger partial charge in [0.25, 0.3) is 0 Å². The second-order valence-corrected chi connectivity index (χ2v) is 2.78. The molecule has 0 amide bonds. The highest BCUT2D eigenvalue weighted by atomic mass is 31.2. The van der Waals surface area contributed by atoms with E-state index in [1.54, 1.807) is 6.08 Å². The predicted molar refractivity (Wildman–Crippen MR) is 40.3 cm³/mol. The quantitative estimate of drug-likeness (QED) is 0.312. The van der Waals surface area contributed by atoms with Gasteiger partial charge in [-0.25, -0.2) is 0 Å². The molecule has 6 nitrogen and oxygen atoms in total. The number of phosphoric acid groups is 1. The molecule has 0 atom stereocenters. The Morgan fingerprint density at radius 1 is 1.46 bits per heavy atom. The fourth-order valence-electron chi connectivity index (χ4n) is 0.333. The summed E-state index contributed by atoms with van der Waals surface area (Å²) in [6.45, 7) is 4.89. The monoisotopic (exact) mass is 211 g/mol. The molecule has 0 bridgehead atoms. The van der Waals surface area contributed by atoms with E-state index in [0.717, 1.165) is 0 Å². The van der Waals surface area contributed by atoms with E-state index in [-0.39, 0.29) is 6.61 Å². The maximum Gasteiger partial charge on any atom is 0.0644 e. The molecule has 0 saturated heterocycles. The van der Waals surface area contributed by atoms with E-state index in [9.17, 15) is 0 Å². The summed E-state index contributed by atoms with van der Waals surface area (Å²) in [5, 5.41) is 8.26. The highest BCUT2D eigenvalue weighted by Gasteiger charge is 1.80. The Morgan fingerprint density at radius 2 is 1.92 bits per heavy atom. The van der Waals surface area contributed by atoms with Crippen LogP contribution in [0.1, 0.15) is 6.42 Å². The van der Waals surface area contributed by atoms with Gasteiger partial charge in [0.2, 0.25) is 0 Å². The van der Waals surface area contributed by atoms with Crippen molar-refractivity contribution in [2.75, 3.05) is 19.8 Å². The van der Waals surface area contributed by atoms with E-state index >= 15 is 0 Å². The van der Waals surface area contributed by atoms with Crippen LogP contribution in [0.2, 0.25) is 0 Å². The number of ether oxygens (including phenoxy) is 1. The van der Waals surface area contributed by atoms with Crippen molar-refractivity contribution in [2.45, 2.75) is 6.42 Å². The Balaban J connectivity index is 0. The molecule has 0 unspecified atom stereocenters. The van der Waals surface area contributed by atoms with Crippen molar-refractivity contribution in [2.24, 2.45) is 0 Å². The van der Waals surface area contributed by atoms with Gasteiger partial charge in [-0.2, -0.15) is 7.82 Å². The third-order valence-electron chi connectivity index (χ3n) is 0.682. The number of aliphatic hydroxyl groups excluding tert-OH is 1. The minimum absolute atomic E-state index is 0.205. The predicted octanol–water partition coefficient (Wildman–Crippen LogP) is -2.25. The van der Waals surface area contributed by atoms with Crippen LogP contribution in [0, 0.1) is 0 Å². The van der Waals surface area contributed by atoms with Crippen LogP contribution < -0.4 is 14.7 Å². The Hall–Kier alpha value is -0.230. The summed E-state index contributed by atoms with van der Waals surface area (Å²) in [7, 11) is -5.39. The third kappa shape index (κ3) is 49.4. The van der Waals surface area contributed by atoms with Crippen molar-refractivity contribution in [1.29, 1.82) is 0 Å². The van der Waals surface area contributed by atoms with Crippen molar-refractivity contribution in [1.82, 2.24) is 0 Å². The molecule has 1 N–H and O–H groups in total. The molecule has 0 rings (SSSR count). The van der Waals surface area contributed by atoms with E-state index < -0.39 is 7.82 Å². The normalized spacial score (nSPS) is 10.2. The standard InChI is InChI=1S/C6H12O2.H3O4P/c1-2-5-8-6-3-4-7;1-5(2,3)4/h2,7H,1,3-6H2;(H3,1,2,3,4)/p-3. The summed E-state index contributed by atoms with van der Waals surface area (Å²) in [5.41, 5.74) is 0. The summed E-state index contributed by atoms with van der Waals surface area (Å²) < 4.78 is 13.5. The van der Waals surface area contributed by atoms with Gasteiger partial charge >= 0.3 is 0 Å². The van der Waals surface area contributed by atoms with Crippen molar-refractivity contribution >= 4 is 7.82 Å². The van der Waals surface area contributed by atoms with Gasteiger partial charge in [-0.3, -0.25) is 0 Å². The molecule has 80 valence electrons. The maximum absolute atomic E-state index is 8.55. The van der Waals surface area contributed by atoms with E-state index in [1.165, 1.54) is 0 Å². The smallest absolute Gasteiger partial charge is 0.0644 e. The SMILES string of the molecule is C=CCOCCCO.O=P([O-])([O-])[O-]. The lowest BCUT2D eigenvalue weighted by Gasteiger charge is -2.36. The first-order chi connectivity index (χ1) is 5.91. The van der Waals surface area contributed by atoms with Crippen LogP contribution in [0.4, 0.5) is 0 Å². The van der Waals surface area contributed by atoms with Gasteiger partial charge in [0.1, 0.15) is 0 Å². The van der Waals surface area contributed by atoms with Gasteiger partial charge in [0, 0.05) is 13.2 Å². The molecule has 0 aliphatic heterocycles. The zero-order valence-electron chi connectivity index (χ0n) is 7.05. The molecule has 0 radical (unpaired) electrons. The van der Waals surface area contributed by atoms with E-state index in [2.05, 4.69) is 6.58 Å². The summed E-state index contributed by atoms with van der Waals surface area (Å²) >= 11 is 0. The lowest BCUT2D eigenvalue weighted by molar-refractivity contribution is -0.432. The fourth-order valence-corrected chi connectivity index (χ4v) is 0.333. The summed E-state index contributed by atoms with van der Waals surface area (Å²) in [6, 6.07) is 0. The Kier molecular flexibility index (Phi) is 11.6. The zero-order chi connectivity index (χ0) is 10.7. The van der Waals surface area contributed by atoms with Gasteiger partial charge in [0.05, 0.1) is 6.61 Å². The first-order valence-electron chi connectivity index (χ1n) is 3.44. The topological polar surface area (TPSA) is 116 Å². The van der Waals surface area contributed by atoms with Crippen LogP contribution in [-0.2, 0) is 9.30 Å². The molecule has 0 aromatic rings. The molecule has 7 heteroatoms. The van der Waals surface area contributed by atoms with Crippen LogP contribution in [0.3, 0.4) is 0 Å². The molecular weight excluding hydrogens is 199 g/mol. The second-order valence-electron chi connectivity index (χ2n) is 1.89. The Morgan fingerprint density at radius 3 is 2.23 bits per heavy atom. The van der Waals surface area contributed by atoms with Crippen molar-refractivity contribution in [3.8, 4) is 0 Å². The number of hydrogen-bond donors (Lipinski definition) is 1. The van der Waals surface area contributed by atoms with Crippen LogP contribution in [-0.4, -0.2) is 24.9 Å². The van der Waals surface area contributed by atoms with Crippen molar-refractivity contribution < 1.29 is 29.1 Å². The molecular formula is C6H12O6P-3. The highest BCUT2D eigenvalue weighted by molar-refractivity contribution is 7.40. The molecule has 0 aromatic carbocycles. The van der Waals surface area contributed by atoms with Gasteiger partial charge in [-0.15, -0.1) is 6.58 Å². The molecule has 0 fully saturated rings. The Bertz CT molecular complexity index is 145. The van der Waals surface area contributed by atoms with E-state index in [0.29, 0.717) is 19.6 Å². The molecule has 0 spiro atoms. The highest BCUT2D eigenvalue weighted by Crippen LogP contribution is 2.03. The molecule has 0 heterocycles. The summed E-state index contributed by atoms with van der Waals surface area (Å²) in [6.07, 6.45) is 2.41. The summed E-state index contributed by atoms with van der Waals surface area (Å²) in [4.78, 5) is 25.6. The molecule has 13 heavy (non-hydrogen) atoms. The maximum atomic E-state index is 8.55.